The minimum atomic E-state index is -4.65. The predicted octanol–water partition coefficient (Wildman–Crippen LogP) is 8.17. The van der Waals surface area contributed by atoms with Crippen molar-refractivity contribution in [2.24, 2.45) is 28.5 Å². The molecule has 3 atom stereocenters. The Bertz CT molecular complexity index is 2150. The number of nitrogens with zero attached hydrogens (tertiary/aromatic N) is 2. The molecule has 0 radical (unpaired) electrons. The van der Waals surface area contributed by atoms with Gasteiger partial charge in [0.15, 0.2) is 6.73 Å². The molecule has 2 aliphatic rings. The molecule has 0 saturated heterocycles. The summed E-state index contributed by atoms with van der Waals surface area (Å²) >= 11 is 0. The van der Waals surface area contributed by atoms with Gasteiger partial charge in [-0.25, -0.2) is 13.9 Å². The third kappa shape index (κ3) is 13.7. The van der Waals surface area contributed by atoms with E-state index in [0.717, 1.165) is 23.8 Å². The fourth-order valence-corrected chi connectivity index (χ4v) is 8.50. The lowest BCUT2D eigenvalue weighted by Crippen LogP contribution is -2.51. The van der Waals surface area contributed by atoms with Crippen LogP contribution in [0, 0.1) is 23.6 Å². The molecule has 3 unspecified atom stereocenters. The highest BCUT2D eigenvalue weighted by molar-refractivity contribution is 7.49. The first kappa shape index (κ1) is 46.9. The summed E-state index contributed by atoms with van der Waals surface area (Å²) in [4.78, 5) is 60.0. The number of rotatable bonds is 17. The largest absolute Gasteiger partial charge is 0.531 e. The first-order valence-corrected chi connectivity index (χ1v) is 21.2. The van der Waals surface area contributed by atoms with Gasteiger partial charge in [0.25, 0.3) is 5.91 Å². The number of amides is 3. The molecule has 3 aromatic carbocycles. The van der Waals surface area contributed by atoms with Crippen molar-refractivity contribution in [2.45, 2.75) is 104 Å². The molecule has 1 heterocycles. The van der Waals surface area contributed by atoms with Gasteiger partial charge < -0.3 is 20.3 Å². The van der Waals surface area contributed by atoms with Crippen LogP contribution in [0.3, 0.4) is 0 Å². The van der Waals surface area contributed by atoms with Crippen LogP contribution >= 0.6 is 7.82 Å². The summed E-state index contributed by atoms with van der Waals surface area (Å²) in [6, 6.07) is 18.5. The number of anilines is 1. The fourth-order valence-electron chi connectivity index (χ4n) is 6.68. The van der Waals surface area contributed by atoms with Crippen LogP contribution in [-0.4, -0.2) is 59.7 Å². The lowest BCUT2D eigenvalue weighted by atomic mass is 9.83. The molecule has 3 amide bonds. The van der Waals surface area contributed by atoms with Gasteiger partial charge in [-0.2, -0.15) is 13.2 Å². The second-order valence-corrected chi connectivity index (χ2v) is 18.4. The number of benzene rings is 3. The Morgan fingerprint density at radius 3 is 2.11 bits per heavy atom. The number of phosphoric acid groups is 1. The van der Waals surface area contributed by atoms with E-state index in [1.807, 2.05) is 0 Å². The molecule has 3 aromatic rings. The van der Waals surface area contributed by atoms with E-state index >= 15 is 4.39 Å². The smallest absolute Gasteiger partial charge is 0.444 e. The summed E-state index contributed by atoms with van der Waals surface area (Å²) in [5, 5.41) is 2.49. The zero-order valence-electron chi connectivity index (χ0n) is 34.8. The number of fused-ring (bicyclic) bond motifs is 1. The number of halogens is 4. The average molecular weight is 875 g/mol. The summed E-state index contributed by atoms with van der Waals surface area (Å²) in [5.41, 5.74) is 4.96. The van der Waals surface area contributed by atoms with Gasteiger partial charge >= 0.3 is 20.0 Å². The zero-order valence-corrected chi connectivity index (χ0v) is 35.7. The van der Waals surface area contributed by atoms with E-state index in [-0.39, 0.29) is 35.1 Å². The van der Waals surface area contributed by atoms with Crippen LogP contribution in [-0.2, 0) is 43.9 Å². The number of hydrogen-bond acceptors (Lipinski definition) is 10. The number of esters is 1. The number of phosphoric ester groups is 1. The number of nitrogens with one attached hydrogen (secondary N) is 1. The second-order valence-electron chi connectivity index (χ2n) is 17.0. The van der Waals surface area contributed by atoms with Gasteiger partial charge in [-0.3, -0.25) is 33.1 Å². The molecule has 0 aromatic heterocycles. The molecule has 0 spiro atoms. The number of para-hydroxylation sites is 1. The van der Waals surface area contributed by atoms with Crippen molar-refractivity contribution >= 4 is 42.9 Å². The molecule has 1 saturated carbocycles. The summed E-state index contributed by atoms with van der Waals surface area (Å²) in [7, 11) is -4.27. The highest BCUT2D eigenvalue weighted by Gasteiger charge is 2.42. The number of nitrogens with two attached hydrogens (primary N) is 1. The van der Waals surface area contributed by atoms with Crippen LogP contribution < -0.4 is 20.5 Å². The van der Waals surface area contributed by atoms with Crippen LogP contribution in [0.25, 0.3) is 0 Å². The molecule has 0 bridgehead atoms. The maximum absolute atomic E-state index is 15.4. The molecular formula is C43H51F4N4O9P. The number of primary amides is 1. The van der Waals surface area contributed by atoms with E-state index in [4.69, 9.17) is 24.0 Å². The van der Waals surface area contributed by atoms with Gasteiger partial charge in [-0.05, 0) is 78.0 Å². The minimum Gasteiger partial charge on any atom is -0.444 e. The van der Waals surface area contributed by atoms with Crippen molar-refractivity contribution in [1.82, 2.24) is 5.32 Å². The Balaban J connectivity index is 1.40. The van der Waals surface area contributed by atoms with Crippen molar-refractivity contribution < 1.29 is 59.6 Å². The van der Waals surface area contributed by atoms with Crippen LogP contribution in [0.1, 0.15) is 90.3 Å². The summed E-state index contributed by atoms with van der Waals surface area (Å²) in [5.74, 6) is -7.70. The highest BCUT2D eigenvalue weighted by atomic mass is 31.2. The van der Waals surface area contributed by atoms with Crippen molar-refractivity contribution in [3.05, 3.63) is 95.3 Å². The molecule has 3 N–H and O–H groups in total. The number of benzodiazepines with no additional fused rings is 1. The van der Waals surface area contributed by atoms with Crippen LogP contribution in [0.4, 0.5) is 23.2 Å². The number of hydrogen-bond donors (Lipinski definition) is 2. The van der Waals surface area contributed by atoms with Crippen molar-refractivity contribution in [3.63, 3.8) is 0 Å². The van der Waals surface area contributed by atoms with Crippen molar-refractivity contribution in [1.29, 1.82) is 0 Å². The van der Waals surface area contributed by atoms with Gasteiger partial charge in [-0.15, -0.1) is 0 Å². The lowest BCUT2D eigenvalue weighted by molar-refractivity contribution is -0.147. The maximum atomic E-state index is 15.4. The Kier molecular flexibility index (Phi) is 14.5. The van der Waals surface area contributed by atoms with E-state index < -0.39 is 98.7 Å². The third-order valence-corrected chi connectivity index (χ3v) is 11.4. The number of carbonyl (C=O) groups is 4. The Morgan fingerprint density at radius 1 is 0.918 bits per heavy atom. The lowest BCUT2D eigenvalue weighted by Gasteiger charge is -2.30. The molecular weight excluding hydrogens is 823 g/mol. The first-order chi connectivity index (χ1) is 28.4. The van der Waals surface area contributed by atoms with Crippen LogP contribution in [0.15, 0.2) is 77.8 Å². The normalized spacial score (nSPS) is 17.1. The topological polar surface area (TPSA) is 176 Å². The third-order valence-electron chi connectivity index (χ3n) is 9.45. The number of carbonyl (C=O) groups excluding carboxylic acids is 4. The minimum absolute atomic E-state index is 0.0278. The number of aliphatic imine (C=N–C) groups is 1. The predicted molar refractivity (Wildman–Crippen MR) is 218 cm³/mol. The molecule has 1 fully saturated rings. The summed E-state index contributed by atoms with van der Waals surface area (Å²) < 4.78 is 91.7. The molecule has 61 heavy (non-hydrogen) atoms. The quantitative estimate of drug-likeness (QED) is 0.0770. The Labute approximate surface area is 352 Å². The van der Waals surface area contributed by atoms with E-state index in [2.05, 4.69) is 10.3 Å². The molecule has 330 valence electrons. The molecule has 13 nitrogen and oxygen atoms in total. The Hall–Kier alpha value is -5.12. The maximum Gasteiger partial charge on any atom is 0.531 e. The zero-order chi connectivity index (χ0) is 44.9. The highest BCUT2D eigenvalue weighted by Crippen LogP contribution is 2.55. The van der Waals surface area contributed by atoms with E-state index in [9.17, 15) is 36.9 Å². The molecule has 5 rings (SSSR count). The van der Waals surface area contributed by atoms with E-state index in [1.54, 1.807) is 96.1 Å². The average Bonchev–Trinajstić information content (AvgIpc) is 3.97. The van der Waals surface area contributed by atoms with Gasteiger partial charge in [-0.1, -0.05) is 67.4 Å². The second kappa shape index (κ2) is 18.9. The van der Waals surface area contributed by atoms with E-state index in [1.165, 1.54) is 12.1 Å². The SMILES string of the molecule is CC(C)(C)OP(=O)(Oc1ccc(CC(=O)OCN2C(=O)C(NC(=O)C(CCC(F)(F)F)C(CC3CC3)C(N)=O)N=C(c3ccccc3)c3ccccc32)c(F)c1)OC(C)(C)C. The van der Waals surface area contributed by atoms with Crippen LogP contribution in [0.2, 0.25) is 0 Å². The number of ether oxygens (including phenoxy) is 1. The van der Waals surface area contributed by atoms with Gasteiger partial charge in [0, 0.05) is 35.4 Å². The summed E-state index contributed by atoms with van der Waals surface area (Å²) in [6.07, 6.45) is -7.57. The number of alkyl halides is 3. The van der Waals surface area contributed by atoms with Gasteiger partial charge in [0.1, 0.15) is 11.6 Å². The molecule has 1 aliphatic carbocycles. The molecule has 18 heteroatoms. The monoisotopic (exact) mass is 874 g/mol. The molecule has 1 aliphatic heterocycles. The summed E-state index contributed by atoms with van der Waals surface area (Å²) in [6.45, 7) is 9.10. The van der Waals surface area contributed by atoms with Gasteiger partial charge in [0.2, 0.25) is 18.0 Å². The van der Waals surface area contributed by atoms with Crippen molar-refractivity contribution in [2.75, 3.05) is 11.6 Å². The Morgan fingerprint density at radius 2 is 1.54 bits per heavy atom. The van der Waals surface area contributed by atoms with Crippen LogP contribution in [0.5, 0.6) is 5.75 Å². The van der Waals surface area contributed by atoms with Gasteiger partial charge in [0.05, 0.1) is 29.0 Å². The first-order valence-electron chi connectivity index (χ1n) is 19.8. The fraction of sp³-hybridized carbons (Fsp3) is 0.465. The standard InChI is InChI=1S/C43H51F4N4O9P/c1-41(2,3)59-61(56,60-42(4,5)6)58-29-19-18-28(33(44)24-29)23-35(52)57-25-51-34-15-11-10-14-31(34)36(27-12-8-7-9-13-27)49-38(40(51)55)50-39(54)30(20-21-43(45,46)47)32(37(48)53)22-26-16-17-26/h7-15,18-19,24,26,30,32,38H,16-17,20-23,25H2,1-6H3,(H2,48,53)(H,50,54). The van der Waals surface area contributed by atoms with Crippen molar-refractivity contribution in [3.8, 4) is 5.75 Å². The van der Waals surface area contributed by atoms with E-state index in [0.29, 0.717) is 11.1 Å².